The molecule has 0 saturated carbocycles. The number of phenols is 1. The highest BCUT2D eigenvalue weighted by molar-refractivity contribution is 5.45. The average molecular weight is 261 g/mol. The second-order valence-electron chi connectivity index (χ2n) is 6.05. The minimum absolute atomic E-state index is 0.0677. The molecule has 3 aliphatic rings. The van der Waals surface area contributed by atoms with Crippen LogP contribution >= 0.6 is 0 Å². The van der Waals surface area contributed by atoms with Crippen molar-refractivity contribution in [2.45, 2.75) is 30.4 Å². The quantitative estimate of drug-likeness (QED) is 0.763. The number of piperidine rings is 1. The smallest absolute Gasteiger partial charge is 0.147 e. The van der Waals surface area contributed by atoms with Gasteiger partial charge in [-0.25, -0.2) is 0 Å². The summed E-state index contributed by atoms with van der Waals surface area (Å²) in [4.78, 5) is 2.41. The molecule has 0 radical (unpaired) electrons. The molecule has 1 aromatic rings. The molecule has 4 rings (SSSR count). The van der Waals surface area contributed by atoms with Crippen molar-refractivity contribution in [1.29, 1.82) is 0 Å². The second-order valence-corrected chi connectivity index (χ2v) is 6.05. The number of hydrogen-bond acceptors (Lipinski definition) is 4. The SMILES string of the molecule is CN1CC[C@]23COCO[C@H]2[C@H]1Cc1ccc(O)cc13. The van der Waals surface area contributed by atoms with Crippen LogP contribution in [0.5, 0.6) is 5.75 Å². The lowest BCUT2D eigenvalue weighted by molar-refractivity contribution is -0.220. The van der Waals surface area contributed by atoms with E-state index >= 15 is 0 Å². The maximum absolute atomic E-state index is 9.83. The number of benzene rings is 1. The Kier molecular flexibility index (Phi) is 2.43. The average Bonchev–Trinajstić information content (AvgIpc) is 2.43. The molecular formula is C15H19NO3. The summed E-state index contributed by atoms with van der Waals surface area (Å²) < 4.78 is 11.6. The summed E-state index contributed by atoms with van der Waals surface area (Å²) in [6.07, 6.45) is 2.22. The Hall–Kier alpha value is -1.10. The molecule has 19 heavy (non-hydrogen) atoms. The fraction of sp³-hybridized carbons (Fsp3) is 0.600. The Balaban J connectivity index is 1.90. The highest BCUT2D eigenvalue weighted by Gasteiger charge is 2.55. The molecule has 2 aliphatic heterocycles. The molecule has 1 N–H and O–H groups in total. The fourth-order valence-corrected chi connectivity index (χ4v) is 4.11. The van der Waals surface area contributed by atoms with Crippen LogP contribution in [0.4, 0.5) is 0 Å². The van der Waals surface area contributed by atoms with Crippen molar-refractivity contribution in [3.8, 4) is 5.75 Å². The highest BCUT2D eigenvalue weighted by atomic mass is 16.7. The van der Waals surface area contributed by atoms with E-state index in [9.17, 15) is 5.11 Å². The van der Waals surface area contributed by atoms with E-state index in [-0.39, 0.29) is 11.5 Å². The Bertz CT molecular complexity index is 518. The first-order valence-electron chi connectivity index (χ1n) is 6.93. The summed E-state index contributed by atoms with van der Waals surface area (Å²) in [5, 5.41) is 9.83. The molecule has 2 fully saturated rings. The first-order valence-corrected chi connectivity index (χ1v) is 6.93. The summed E-state index contributed by atoms with van der Waals surface area (Å²) in [6.45, 7) is 2.16. The highest BCUT2D eigenvalue weighted by Crippen LogP contribution is 2.48. The predicted molar refractivity (Wildman–Crippen MR) is 70.2 cm³/mol. The molecule has 0 amide bonds. The van der Waals surface area contributed by atoms with E-state index in [0.717, 1.165) is 19.4 Å². The van der Waals surface area contributed by atoms with Crippen LogP contribution in [-0.2, 0) is 21.3 Å². The van der Waals surface area contributed by atoms with Crippen molar-refractivity contribution in [1.82, 2.24) is 4.90 Å². The van der Waals surface area contributed by atoms with Gasteiger partial charge < -0.3 is 19.5 Å². The lowest BCUT2D eigenvalue weighted by Crippen LogP contribution is -2.66. The van der Waals surface area contributed by atoms with Crippen molar-refractivity contribution >= 4 is 0 Å². The maximum atomic E-state index is 9.83. The third-order valence-electron chi connectivity index (χ3n) is 5.12. The summed E-state index contributed by atoms with van der Waals surface area (Å²) in [5.74, 6) is 0.342. The van der Waals surface area contributed by atoms with Gasteiger partial charge in [0.2, 0.25) is 0 Å². The largest absolute Gasteiger partial charge is 0.508 e. The monoisotopic (exact) mass is 261 g/mol. The van der Waals surface area contributed by atoms with Gasteiger partial charge in [0.1, 0.15) is 12.5 Å². The molecule has 0 unspecified atom stereocenters. The number of nitrogens with zero attached hydrogens (tertiary/aromatic N) is 1. The van der Waals surface area contributed by atoms with E-state index < -0.39 is 0 Å². The Morgan fingerprint density at radius 2 is 2.32 bits per heavy atom. The van der Waals surface area contributed by atoms with Crippen LogP contribution in [0.15, 0.2) is 18.2 Å². The molecule has 4 nitrogen and oxygen atoms in total. The van der Waals surface area contributed by atoms with Gasteiger partial charge in [-0.1, -0.05) is 6.07 Å². The van der Waals surface area contributed by atoms with Crippen molar-refractivity contribution < 1.29 is 14.6 Å². The van der Waals surface area contributed by atoms with Gasteiger partial charge in [0.05, 0.1) is 12.7 Å². The maximum Gasteiger partial charge on any atom is 0.147 e. The third kappa shape index (κ3) is 1.51. The predicted octanol–water partition coefficient (Wildman–Crippen LogP) is 1.26. The first-order chi connectivity index (χ1) is 9.21. The van der Waals surface area contributed by atoms with Crippen LogP contribution in [0.2, 0.25) is 0 Å². The molecular weight excluding hydrogens is 242 g/mol. The first kappa shape index (κ1) is 11.7. The number of phenolic OH excluding ortho intramolecular Hbond substituents is 1. The van der Waals surface area contributed by atoms with Crippen LogP contribution < -0.4 is 0 Å². The van der Waals surface area contributed by atoms with Crippen LogP contribution in [-0.4, -0.2) is 49.1 Å². The lowest BCUT2D eigenvalue weighted by Gasteiger charge is -2.57. The number of ether oxygens (including phenoxy) is 2. The van der Waals surface area contributed by atoms with E-state index in [0.29, 0.717) is 25.2 Å². The molecule has 1 aliphatic carbocycles. The summed E-state index contributed by atoms with van der Waals surface area (Å²) in [7, 11) is 2.18. The number of rotatable bonds is 0. The molecule has 4 heteroatoms. The Morgan fingerprint density at radius 1 is 1.42 bits per heavy atom. The third-order valence-corrected chi connectivity index (χ3v) is 5.12. The number of fused-ring (bicyclic) bond motifs is 1. The zero-order valence-electron chi connectivity index (χ0n) is 11.1. The van der Waals surface area contributed by atoms with E-state index in [2.05, 4.69) is 18.0 Å². The topological polar surface area (TPSA) is 41.9 Å². The summed E-state index contributed by atoms with van der Waals surface area (Å²) in [5.41, 5.74) is 2.50. The molecule has 2 saturated heterocycles. The molecule has 0 aromatic heterocycles. The zero-order valence-corrected chi connectivity index (χ0v) is 11.1. The number of likely N-dealkylation sites (N-methyl/N-ethyl adjacent to an activating group) is 1. The van der Waals surface area contributed by atoms with Gasteiger partial charge in [-0.15, -0.1) is 0 Å². The zero-order chi connectivity index (χ0) is 13.0. The summed E-state index contributed by atoms with van der Waals surface area (Å²) in [6, 6.07) is 6.19. The second kappa shape index (κ2) is 3.95. The van der Waals surface area contributed by atoms with Gasteiger partial charge in [0, 0.05) is 11.5 Å². The molecule has 1 aromatic carbocycles. The fourth-order valence-electron chi connectivity index (χ4n) is 4.11. The standard InChI is InChI=1S/C15H19NO3/c1-16-5-4-15-8-18-9-19-14(15)13(16)6-10-2-3-11(17)7-12(10)15/h2-3,7,13-14,17H,4-6,8-9H2,1H3/t13-,14+,15-/m1/s1. The normalized spacial score (nSPS) is 37.5. The van der Waals surface area contributed by atoms with Crippen molar-refractivity contribution in [2.24, 2.45) is 0 Å². The number of aromatic hydroxyl groups is 1. The van der Waals surface area contributed by atoms with Crippen LogP contribution in [0.25, 0.3) is 0 Å². The lowest BCUT2D eigenvalue weighted by atomic mass is 9.62. The molecule has 0 spiro atoms. The summed E-state index contributed by atoms with van der Waals surface area (Å²) >= 11 is 0. The van der Waals surface area contributed by atoms with Crippen LogP contribution in [0.3, 0.4) is 0 Å². The van der Waals surface area contributed by atoms with E-state index in [4.69, 9.17) is 9.47 Å². The minimum atomic E-state index is -0.0677. The van der Waals surface area contributed by atoms with Gasteiger partial charge in [0.15, 0.2) is 0 Å². The van der Waals surface area contributed by atoms with Gasteiger partial charge in [0.25, 0.3) is 0 Å². The van der Waals surface area contributed by atoms with Gasteiger partial charge in [-0.05, 0) is 49.7 Å². The molecule has 102 valence electrons. The number of likely N-dealkylation sites (tertiary alicyclic amines) is 1. The van der Waals surface area contributed by atoms with Crippen LogP contribution in [0.1, 0.15) is 17.5 Å². The van der Waals surface area contributed by atoms with Crippen molar-refractivity contribution in [2.75, 3.05) is 27.0 Å². The number of hydrogen-bond donors (Lipinski definition) is 1. The Labute approximate surface area is 112 Å². The van der Waals surface area contributed by atoms with Crippen molar-refractivity contribution in [3.05, 3.63) is 29.3 Å². The van der Waals surface area contributed by atoms with E-state index in [1.54, 1.807) is 6.07 Å². The van der Waals surface area contributed by atoms with Gasteiger partial charge in [-0.3, -0.25) is 0 Å². The van der Waals surface area contributed by atoms with Gasteiger partial charge >= 0.3 is 0 Å². The molecule has 3 atom stereocenters. The van der Waals surface area contributed by atoms with E-state index in [1.165, 1.54) is 11.1 Å². The molecule has 2 heterocycles. The van der Waals surface area contributed by atoms with E-state index in [1.807, 2.05) is 6.07 Å². The Morgan fingerprint density at radius 3 is 3.21 bits per heavy atom. The molecule has 2 bridgehead atoms. The minimum Gasteiger partial charge on any atom is -0.508 e. The van der Waals surface area contributed by atoms with Crippen molar-refractivity contribution in [3.63, 3.8) is 0 Å². The van der Waals surface area contributed by atoms with Gasteiger partial charge in [-0.2, -0.15) is 0 Å². The van der Waals surface area contributed by atoms with Crippen LogP contribution in [0, 0.1) is 0 Å².